The van der Waals surface area contributed by atoms with E-state index in [0.29, 0.717) is 17.8 Å². The molecule has 1 fully saturated rings. The fourth-order valence-corrected chi connectivity index (χ4v) is 2.50. The number of amides is 2. The molecule has 1 heterocycles. The van der Waals surface area contributed by atoms with Crippen LogP contribution in [-0.4, -0.2) is 38.0 Å². The van der Waals surface area contributed by atoms with Crippen molar-refractivity contribution in [3.8, 4) is 0 Å². The van der Waals surface area contributed by atoms with Crippen LogP contribution in [0.25, 0.3) is 0 Å². The maximum absolute atomic E-state index is 12.2. The molecular weight excluding hydrogens is 284 g/mol. The van der Waals surface area contributed by atoms with E-state index >= 15 is 0 Å². The molecule has 0 spiro atoms. The standard InChI is InChI=1S/C16H20N2O4/c1-3-8-17-15(20)11-9-14(19)18(10-11)13-7-5-4-6-12(13)16(21)22-2/h4-7,11H,3,8-10H2,1-2H3,(H,17,20). The zero-order valence-corrected chi connectivity index (χ0v) is 12.8. The summed E-state index contributed by atoms with van der Waals surface area (Å²) in [6, 6.07) is 6.76. The maximum Gasteiger partial charge on any atom is 0.339 e. The second kappa shape index (κ2) is 7.06. The highest BCUT2D eigenvalue weighted by atomic mass is 16.5. The van der Waals surface area contributed by atoms with Gasteiger partial charge in [0.2, 0.25) is 11.8 Å². The summed E-state index contributed by atoms with van der Waals surface area (Å²) >= 11 is 0. The summed E-state index contributed by atoms with van der Waals surface area (Å²) in [4.78, 5) is 37.5. The third kappa shape index (κ3) is 3.27. The second-order valence-corrected chi connectivity index (χ2v) is 5.21. The zero-order valence-electron chi connectivity index (χ0n) is 12.8. The van der Waals surface area contributed by atoms with Gasteiger partial charge in [0.15, 0.2) is 0 Å². The average molecular weight is 304 g/mol. The van der Waals surface area contributed by atoms with Crippen LogP contribution in [0.5, 0.6) is 0 Å². The molecule has 1 aromatic carbocycles. The molecule has 1 aliphatic heterocycles. The van der Waals surface area contributed by atoms with Gasteiger partial charge in [-0.05, 0) is 18.6 Å². The molecule has 1 aromatic rings. The fourth-order valence-electron chi connectivity index (χ4n) is 2.50. The Bertz CT molecular complexity index is 585. The first-order valence-corrected chi connectivity index (χ1v) is 7.33. The van der Waals surface area contributed by atoms with Gasteiger partial charge < -0.3 is 15.0 Å². The molecule has 0 aliphatic carbocycles. The van der Waals surface area contributed by atoms with E-state index in [1.54, 1.807) is 24.3 Å². The Morgan fingerprint density at radius 3 is 2.77 bits per heavy atom. The smallest absolute Gasteiger partial charge is 0.339 e. The summed E-state index contributed by atoms with van der Waals surface area (Å²) in [5, 5.41) is 2.81. The van der Waals surface area contributed by atoms with Crippen molar-refractivity contribution in [3.05, 3.63) is 29.8 Å². The number of carbonyl (C=O) groups is 3. The van der Waals surface area contributed by atoms with Crippen LogP contribution >= 0.6 is 0 Å². The van der Waals surface area contributed by atoms with Crippen molar-refractivity contribution in [3.63, 3.8) is 0 Å². The van der Waals surface area contributed by atoms with Crippen LogP contribution in [0.4, 0.5) is 5.69 Å². The summed E-state index contributed by atoms with van der Waals surface area (Å²) in [5.74, 6) is -1.16. The molecule has 1 aliphatic rings. The molecule has 1 unspecified atom stereocenters. The Morgan fingerprint density at radius 2 is 2.09 bits per heavy atom. The van der Waals surface area contributed by atoms with Crippen molar-refractivity contribution in [2.75, 3.05) is 25.1 Å². The number of carbonyl (C=O) groups excluding carboxylic acids is 3. The third-order valence-electron chi connectivity index (χ3n) is 3.65. The number of anilines is 1. The van der Waals surface area contributed by atoms with Gasteiger partial charge in [0.1, 0.15) is 0 Å². The minimum atomic E-state index is -0.498. The van der Waals surface area contributed by atoms with Crippen molar-refractivity contribution in [2.45, 2.75) is 19.8 Å². The summed E-state index contributed by atoms with van der Waals surface area (Å²) in [5.41, 5.74) is 0.818. The molecule has 6 nitrogen and oxygen atoms in total. The van der Waals surface area contributed by atoms with Crippen LogP contribution in [-0.2, 0) is 14.3 Å². The first-order chi connectivity index (χ1) is 10.6. The molecular formula is C16H20N2O4. The molecule has 0 radical (unpaired) electrons. The Kier molecular flexibility index (Phi) is 5.14. The highest BCUT2D eigenvalue weighted by Gasteiger charge is 2.36. The topological polar surface area (TPSA) is 75.7 Å². The zero-order chi connectivity index (χ0) is 16.1. The highest BCUT2D eigenvalue weighted by Crippen LogP contribution is 2.28. The van der Waals surface area contributed by atoms with Gasteiger partial charge in [0, 0.05) is 19.5 Å². The molecule has 0 aromatic heterocycles. The van der Waals surface area contributed by atoms with E-state index in [1.165, 1.54) is 12.0 Å². The lowest BCUT2D eigenvalue weighted by molar-refractivity contribution is -0.126. The first kappa shape index (κ1) is 16.0. The average Bonchev–Trinajstić information content (AvgIpc) is 2.93. The molecule has 118 valence electrons. The van der Waals surface area contributed by atoms with Crippen molar-refractivity contribution in [2.24, 2.45) is 5.92 Å². The van der Waals surface area contributed by atoms with Gasteiger partial charge in [-0.2, -0.15) is 0 Å². The molecule has 22 heavy (non-hydrogen) atoms. The number of rotatable bonds is 5. The van der Waals surface area contributed by atoms with Crippen LogP contribution in [0.2, 0.25) is 0 Å². The number of para-hydroxylation sites is 1. The van der Waals surface area contributed by atoms with Gasteiger partial charge in [0.25, 0.3) is 0 Å². The summed E-state index contributed by atoms with van der Waals surface area (Å²) in [7, 11) is 1.30. The molecule has 2 rings (SSSR count). The largest absolute Gasteiger partial charge is 0.465 e. The van der Waals surface area contributed by atoms with Crippen molar-refractivity contribution >= 4 is 23.5 Å². The normalized spacial score (nSPS) is 17.5. The highest BCUT2D eigenvalue weighted by molar-refractivity contribution is 6.05. The number of hydrogen-bond acceptors (Lipinski definition) is 4. The summed E-state index contributed by atoms with van der Waals surface area (Å²) < 4.78 is 4.74. The SMILES string of the molecule is CCCNC(=O)C1CC(=O)N(c2ccccc2C(=O)OC)C1. The number of benzene rings is 1. The molecule has 2 amide bonds. The van der Waals surface area contributed by atoms with E-state index in [1.807, 2.05) is 6.92 Å². The Labute approximate surface area is 129 Å². The molecule has 1 atom stereocenters. The van der Waals surface area contributed by atoms with Crippen LogP contribution in [0.1, 0.15) is 30.1 Å². The minimum Gasteiger partial charge on any atom is -0.465 e. The lowest BCUT2D eigenvalue weighted by Gasteiger charge is -2.19. The number of methoxy groups -OCH3 is 1. The first-order valence-electron chi connectivity index (χ1n) is 7.33. The number of ether oxygens (including phenoxy) is 1. The van der Waals surface area contributed by atoms with E-state index in [4.69, 9.17) is 4.74 Å². The molecule has 0 bridgehead atoms. The van der Waals surface area contributed by atoms with Crippen molar-refractivity contribution in [1.82, 2.24) is 5.32 Å². The van der Waals surface area contributed by atoms with Crippen molar-refractivity contribution < 1.29 is 19.1 Å². The molecule has 6 heteroatoms. The van der Waals surface area contributed by atoms with Gasteiger partial charge in [-0.25, -0.2) is 4.79 Å². The lowest BCUT2D eigenvalue weighted by Crippen LogP contribution is -2.33. The number of esters is 1. The van der Waals surface area contributed by atoms with Gasteiger partial charge in [0.05, 0.1) is 24.3 Å². The third-order valence-corrected chi connectivity index (χ3v) is 3.65. The van der Waals surface area contributed by atoms with Gasteiger partial charge in [-0.1, -0.05) is 19.1 Å². The minimum absolute atomic E-state index is 0.117. The van der Waals surface area contributed by atoms with Gasteiger partial charge >= 0.3 is 5.97 Å². The fraction of sp³-hybridized carbons (Fsp3) is 0.438. The van der Waals surface area contributed by atoms with E-state index in [9.17, 15) is 14.4 Å². The molecule has 1 saturated heterocycles. The predicted octanol–water partition coefficient (Wildman–Crippen LogP) is 1.35. The number of nitrogens with one attached hydrogen (secondary N) is 1. The van der Waals surface area contributed by atoms with Gasteiger partial charge in [-0.15, -0.1) is 0 Å². The lowest BCUT2D eigenvalue weighted by atomic mass is 10.1. The summed E-state index contributed by atoms with van der Waals surface area (Å²) in [6.07, 6.45) is 1.01. The maximum atomic E-state index is 12.2. The van der Waals surface area contributed by atoms with Gasteiger partial charge in [-0.3, -0.25) is 9.59 Å². The molecule has 0 saturated carbocycles. The quantitative estimate of drug-likeness (QED) is 0.833. The van der Waals surface area contributed by atoms with E-state index in [2.05, 4.69) is 5.32 Å². The van der Waals surface area contributed by atoms with Crippen molar-refractivity contribution in [1.29, 1.82) is 0 Å². The number of hydrogen-bond donors (Lipinski definition) is 1. The number of nitrogens with zero attached hydrogens (tertiary/aromatic N) is 1. The Hall–Kier alpha value is -2.37. The van der Waals surface area contributed by atoms with Crippen LogP contribution < -0.4 is 10.2 Å². The Balaban J connectivity index is 2.19. The van der Waals surface area contributed by atoms with Crippen LogP contribution in [0.15, 0.2) is 24.3 Å². The van der Waals surface area contributed by atoms with E-state index < -0.39 is 5.97 Å². The van der Waals surface area contributed by atoms with Crippen LogP contribution in [0, 0.1) is 5.92 Å². The Morgan fingerprint density at radius 1 is 1.36 bits per heavy atom. The van der Waals surface area contributed by atoms with E-state index in [0.717, 1.165) is 6.42 Å². The van der Waals surface area contributed by atoms with Crippen LogP contribution in [0.3, 0.4) is 0 Å². The van der Waals surface area contributed by atoms with E-state index in [-0.39, 0.29) is 30.7 Å². The molecule has 1 N–H and O–H groups in total. The predicted molar refractivity (Wildman–Crippen MR) is 81.5 cm³/mol. The summed E-state index contributed by atoms with van der Waals surface area (Å²) in [6.45, 7) is 2.85. The second-order valence-electron chi connectivity index (χ2n) is 5.21. The monoisotopic (exact) mass is 304 g/mol.